The highest BCUT2D eigenvalue weighted by Crippen LogP contribution is 2.15. The summed E-state index contributed by atoms with van der Waals surface area (Å²) in [6.45, 7) is 1.11. The number of carbonyl (C=O) groups excluding carboxylic acids is 1. The molecule has 1 atom stereocenters. The first-order chi connectivity index (χ1) is 7.77. The lowest BCUT2D eigenvalue weighted by molar-refractivity contribution is -0.161. The lowest BCUT2D eigenvalue weighted by Crippen LogP contribution is -2.43. The van der Waals surface area contributed by atoms with Crippen molar-refractivity contribution < 1.29 is 14.6 Å². The number of carbonyl (C=O) groups is 1. The summed E-state index contributed by atoms with van der Waals surface area (Å²) in [6, 6.07) is 1.59. The molecule has 1 heterocycles. The van der Waals surface area contributed by atoms with E-state index in [1.807, 2.05) is 0 Å². The van der Waals surface area contributed by atoms with Crippen LogP contribution in [0.1, 0.15) is 6.92 Å². The van der Waals surface area contributed by atoms with Crippen LogP contribution in [0.4, 0.5) is 0 Å². The Morgan fingerprint density at radius 3 is 2.71 bits per heavy atom. The van der Waals surface area contributed by atoms with Gasteiger partial charge in [-0.15, -0.1) is 0 Å². The van der Waals surface area contributed by atoms with Gasteiger partial charge in [-0.2, -0.15) is 0 Å². The van der Waals surface area contributed by atoms with Gasteiger partial charge in [-0.3, -0.25) is 4.79 Å². The monoisotopic (exact) mass is 367 g/mol. The third-order valence-electron chi connectivity index (χ3n) is 2.11. The minimum absolute atomic E-state index is 0.184. The van der Waals surface area contributed by atoms with Crippen LogP contribution in [0.3, 0.4) is 0 Å². The molecule has 5 nitrogen and oxygen atoms in total. The topological polar surface area (TPSA) is 68.5 Å². The molecule has 0 bridgehead atoms. The molecule has 0 aromatic carbocycles. The maximum Gasteiger partial charge on any atom is 0.339 e. The highest BCUT2D eigenvalue weighted by molar-refractivity contribution is 9.11. The van der Waals surface area contributed by atoms with Crippen LogP contribution in [0.5, 0.6) is 0 Å². The van der Waals surface area contributed by atoms with E-state index in [0.29, 0.717) is 8.95 Å². The molecule has 1 aromatic heterocycles. The van der Waals surface area contributed by atoms with Crippen LogP contribution in [0.15, 0.2) is 26.0 Å². The van der Waals surface area contributed by atoms with Crippen molar-refractivity contribution in [1.82, 2.24) is 4.57 Å². The number of methoxy groups -OCH3 is 1. The standard InChI is InChI=1S/C10H11Br2NO4/c1-10(16,9(15)17-2)5-13-4-6(11)3-7(12)8(13)14/h3-4,16H,5H2,1-2H3. The Balaban J connectivity index is 3.12. The van der Waals surface area contributed by atoms with Crippen molar-refractivity contribution in [3.8, 4) is 0 Å². The van der Waals surface area contributed by atoms with Crippen LogP contribution < -0.4 is 5.56 Å². The van der Waals surface area contributed by atoms with E-state index in [4.69, 9.17) is 0 Å². The smallest absolute Gasteiger partial charge is 0.339 e. The zero-order valence-electron chi connectivity index (χ0n) is 9.24. The summed E-state index contributed by atoms with van der Waals surface area (Å²) in [5, 5.41) is 9.88. The van der Waals surface area contributed by atoms with E-state index in [1.54, 1.807) is 6.07 Å². The van der Waals surface area contributed by atoms with Gasteiger partial charge < -0.3 is 14.4 Å². The van der Waals surface area contributed by atoms with Gasteiger partial charge in [0.25, 0.3) is 5.56 Å². The molecule has 7 heteroatoms. The second kappa shape index (κ2) is 5.32. The highest BCUT2D eigenvalue weighted by atomic mass is 79.9. The normalized spacial score (nSPS) is 14.2. The number of aromatic nitrogens is 1. The lowest BCUT2D eigenvalue weighted by Gasteiger charge is -2.21. The number of pyridine rings is 1. The average Bonchev–Trinajstić information content (AvgIpc) is 2.23. The molecule has 0 aliphatic rings. The number of hydrogen-bond donors (Lipinski definition) is 1. The first-order valence-corrected chi connectivity index (χ1v) is 6.23. The van der Waals surface area contributed by atoms with E-state index in [0.717, 1.165) is 0 Å². The van der Waals surface area contributed by atoms with Gasteiger partial charge in [0.15, 0.2) is 5.60 Å². The molecule has 1 rings (SSSR count). The number of esters is 1. The van der Waals surface area contributed by atoms with E-state index in [9.17, 15) is 14.7 Å². The number of ether oxygens (including phenoxy) is 1. The van der Waals surface area contributed by atoms with Crippen molar-refractivity contribution in [2.24, 2.45) is 0 Å². The number of hydrogen-bond acceptors (Lipinski definition) is 4. The minimum atomic E-state index is -1.75. The molecule has 0 saturated heterocycles. The Morgan fingerprint density at radius 2 is 2.18 bits per heavy atom. The molecule has 0 amide bonds. The first-order valence-electron chi connectivity index (χ1n) is 4.64. The van der Waals surface area contributed by atoms with Crippen molar-refractivity contribution in [1.29, 1.82) is 0 Å². The summed E-state index contributed by atoms with van der Waals surface area (Å²) < 4.78 is 6.68. The molecule has 0 radical (unpaired) electrons. The van der Waals surface area contributed by atoms with E-state index >= 15 is 0 Å². The fraction of sp³-hybridized carbons (Fsp3) is 0.400. The summed E-state index contributed by atoms with van der Waals surface area (Å²) in [7, 11) is 1.18. The predicted octanol–water partition coefficient (Wildman–Crippen LogP) is 1.30. The third kappa shape index (κ3) is 3.40. The molecule has 0 aliphatic heterocycles. The lowest BCUT2D eigenvalue weighted by atomic mass is 10.1. The second-order valence-electron chi connectivity index (χ2n) is 3.70. The molecule has 0 spiro atoms. The van der Waals surface area contributed by atoms with Gasteiger partial charge in [-0.25, -0.2) is 4.79 Å². The van der Waals surface area contributed by atoms with Gasteiger partial charge >= 0.3 is 5.97 Å². The SMILES string of the molecule is COC(=O)C(C)(O)Cn1cc(Br)cc(Br)c1=O. The first kappa shape index (κ1) is 14.4. The molecular weight excluding hydrogens is 358 g/mol. The van der Waals surface area contributed by atoms with Crippen molar-refractivity contribution in [3.63, 3.8) is 0 Å². The zero-order chi connectivity index (χ0) is 13.2. The van der Waals surface area contributed by atoms with Gasteiger partial charge in [-0.05, 0) is 44.8 Å². The summed E-state index contributed by atoms with van der Waals surface area (Å²) in [6.07, 6.45) is 1.49. The minimum Gasteiger partial charge on any atom is -0.467 e. The summed E-state index contributed by atoms with van der Waals surface area (Å²) in [5.41, 5.74) is -2.09. The van der Waals surface area contributed by atoms with Crippen LogP contribution in [0.2, 0.25) is 0 Å². The molecule has 1 N–H and O–H groups in total. The molecule has 0 aliphatic carbocycles. The van der Waals surface area contributed by atoms with Crippen LogP contribution in [0, 0.1) is 0 Å². The summed E-state index contributed by atoms with van der Waals surface area (Å²) in [4.78, 5) is 23.0. The molecule has 1 unspecified atom stereocenters. The maximum absolute atomic E-state index is 11.7. The molecule has 94 valence electrons. The quantitative estimate of drug-likeness (QED) is 0.816. The Kier molecular flexibility index (Phi) is 4.51. The average molecular weight is 369 g/mol. The number of rotatable bonds is 3. The van der Waals surface area contributed by atoms with Crippen LogP contribution in [-0.2, 0) is 16.1 Å². The van der Waals surface area contributed by atoms with Crippen LogP contribution >= 0.6 is 31.9 Å². The van der Waals surface area contributed by atoms with E-state index in [-0.39, 0.29) is 12.1 Å². The van der Waals surface area contributed by atoms with E-state index in [2.05, 4.69) is 36.6 Å². The van der Waals surface area contributed by atoms with Crippen molar-refractivity contribution >= 4 is 37.8 Å². The van der Waals surface area contributed by atoms with Crippen LogP contribution in [0.25, 0.3) is 0 Å². The second-order valence-corrected chi connectivity index (χ2v) is 5.47. The Hall–Kier alpha value is -0.660. The third-order valence-corrected chi connectivity index (χ3v) is 3.11. The van der Waals surface area contributed by atoms with Crippen molar-refractivity contribution in [3.05, 3.63) is 31.6 Å². The fourth-order valence-corrected chi connectivity index (χ4v) is 2.56. The Labute approximate surface area is 115 Å². The van der Waals surface area contributed by atoms with Crippen molar-refractivity contribution in [2.75, 3.05) is 7.11 Å². The van der Waals surface area contributed by atoms with Gasteiger partial charge in [-0.1, -0.05) is 0 Å². The number of halogens is 2. The van der Waals surface area contributed by atoms with Gasteiger partial charge in [0.1, 0.15) is 0 Å². The Bertz CT molecular complexity index is 496. The largest absolute Gasteiger partial charge is 0.467 e. The van der Waals surface area contributed by atoms with Gasteiger partial charge in [0.2, 0.25) is 0 Å². The fourth-order valence-electron chi connectivity index (χ4n) is 1.30. The number of nitrogens with zero attached hydrogens (tertiary/aromatic N) is 1. The van der Waals surface area contributed by atoms with Crippen LogP contribution in [-0.4, -0.2) is 28.4 Å². The predicted molar refractivity (Wildman–Crippen MR) is 68.7 cm³/mol. The van der Waals surface area contributed by atoms with Gasteiger partial charge in [0.05, 0.1) is 18.1 Å². The molecule has 0 fully saturated rings. The molecular formula is C10H11Br2NO4. The van der Waals surface area contributed by atoms with Gasteiger partial charge in [0, 0.05) is 10.7 Å². The Morgan fingerprint density at radius 1 is 1.59 bits per heavy atom. The van der Waals surface area contributed by atoms with E-state index in [1.165, 1.54) is 24.8 Å². The molecule has 0 saturated carbocycles. The molecule has 17 heavy (non-hydrogen) atoms. The molecule has 1 aromatic rings. The maximum atomic E-state index is 11.7. The van der Waals surface area contributed by atoms with Crippen molar-refractivity contribution in [2.45, 2.75) is 19.1 Å². The summed E-state index contributed by atoms with van der Waals surface area (Å²) >= 11 is 6.32. The number of aliphatic hydroxyl groups is 1. The van der Waals surface area contributed by atoms with E-state index < -0.39 is 11.6 Å². The highest BCUT2D eigenvalue weighted by Gasteiger charge is 2.32. The summed E-state index contributed by atoms with van der Waals surface area (Å²) in [5.74, 6) is -0.791. The zero-order valence-corrected chi connectivity index (χ0v) is 12.4.